The van der Waals surface area contributed by atoms with Gasteiger partial charge >= 0.3 is 0 Å². The number of hydrogen-bond donors (Lipinski definition) is 0. The summed E-state index contributed by atoms with van der Waals surface area (Å²) in [6.45, 7) is 4.59. The Hall–Kier alpha value is -2.61. The van der Waals surface area contributed by atoms with Gasteiger partial charge in [-0.3, -0.25) is 9.59 Å². The number of benzene rings is 1. The van der Waals surface area contributed by atoms with Gasteiger partial charge in [-0.25, -0.2) is 0 Å². The first kappa shape index (κ1) is 16.8. The van der Waals surface area contributed by atoms with Crippen LogP contribution >= 0.6 is 0 Å². The van der Waals surface area contributed by atoms with Crippen molar-refractivity contribution in [3.05, 3.63) is 48.6 Å². The number of likely N-dealkylation sites (N-methyl/N-ethyl adjacent to an activating group) is 1. The summed E-state index contributed by atoms with van der Waals surface area (Å²) < 4.78 is 0. The number of carbonyl (C=O) groups excluding carboxylic acids is 2. The lowest BCUT2D eigenvalue weighted by molar-refractivity contribution is -0.140. The van der Waals surface area contributed by atoms with E-state index in [1.165, 1.54) is 11.0 Å². The second-order valence-electron chi connectivity index (χ2n) is 5.80. The Morgan fingerprint density at radius 3 is 2.48 bits per heavy atom. The summed E-state index contributed by atoms with van der Waals surface area (Å²) in [6, 6.07) is 11.7. The fourth-order valence-electron chi connectivity index (χ4n) is 3.16. The van der Waals surface area contributed by atoms with Crippen molar-refractivity contribution in [2.24, 2.45) is 0 Å². The Kier molecular flexibility index (Phi) is 5.17. The molecule has 0 aliphatic carbocycles. The Balaban J connectivity index is 2.32. The quantitative estimate of drug-likeness (QED) is 0.628. The molecule has 1 saturated heterocycles. The number of likely N-dealkylation sites (tertiary alicyclic amines) is 1. The van der Waals surface area contributed by atoms with E-state index in [0.717, 1.165) is 5.56 Å². The topological polar surface area (TPSA) is 64.4 Å². The van der Waals surface area contributed by atoms with Crippen LogP contribution in [0.3, 0.4) is 0 Å². The highest BCUT2D eigenvalue weighted by Gasteiger charge is 2.44. The molecular formula is C18H21N3O2. The van der Waals surface area contributed by atoms with Gasteiger partial charge in [-0.1, -0.05) is 36.9 Å². The van der Waals surface area contributed by atoms with Crippen LogP contribution in [0.1, 0.15) is 18.4 Å². The van der Waals surface area contributed by atoms with Crippen molar-refractivity contribution in [1.82, 2.24) is 9.80 Å². The molecule has 1 aliphatic rings. The fraction of sp³-hybridized carbons (Fsp3) is 0.389. The van der Waals surface area contributed by atoms with Crippen LogP contribution in [0.2, 0.25) is 0 Å². The van der Waals surface area contributed by atoms with E-state index in [1.54, 1.807) is 11.9 Å². The number of rotatable bonds is 4. The maximum Gasteiger partial charge on any atom is 0.245 e. The number of amides is 2. The van der Waals surface area contributed by atoms with Crippen LogP contribution in [0, 0.1) is 11.3 Å². The minimum atomic E-state index is -0.676. The molecule has 5 nitrogen and oxygen atoms in total. The summed E-state index contributed by atoms with van der Waals surface area (Å²) in [4.78, 5) is 28.0. The largest absolute Gasteiger partial charge is 0.339 e. The molecule has 2 amide bonds. The van der Waals surface area contributed by atoms with Crippen molar-refractivity contribution in [3.8, 4) is 6.07 Å². The second-order valence-corrected chi connectivity index (χ2v) is 5.80. The van der Waals surface area contributed by atoms with Crippen LogP contribution in [0.5, 0.6) is 0 Å². The molecule has 0 spiro atoms. The molecule has 0 unspecified atom stereocenters. The molecule has 0 atom stereocenters. The van der Waals surface area contributed by atoms with Gasteiger partial charge in [0.25, 0.3) is 0 Å². The third kappa shape index (κ3) is 3.26. The lowest BCUT2D eigenvalue weighted by atomic mass is 9.71. The van der Waals surface area contributed by atoms with Gasteiger partial charge in [-0.15, -0.1) is 0 Å². The van der Waals surface area contributed by atoms with Crippen LogP contribution in [0.15, 0.2) is 43.0 Å². The fourth-order valence-corrected chi connectivity index (χ4v) is 3.16. The molecular weight excluding hydrogens is 290 g/mol. The van der Waals surface area contributed by atoms with E-state index in [-0.39, 0.29) is 18.4 Å². The Bertz CT molecular complexity index is 625. The molecule has 1 aromatic carbocycles. The third-order valence-electron chi connectivity index (χ3n) is 4.49. The maximum atomic E-state index is 13.0. The summed E-state index contributed by atoms with van der Waals surface area (Å²) in [5.74, 6) is -0.166. The molecule has 0 aromatic heterocycles. The normalized spacial score (nSPS) is 16.3. The van der Waals surface area contributed by atoms with Crippen molar-refractivity contribution < 1.29 is 9.59 Å². The molecule has 1 heterocycles. The molecule has 1 aromatic rings. The first-order valence-electron chi connectivity index (χ1n) is 7.64. The number of nitriles is 1. The monoisotopic (exact) mass is 311 g/mol. The van der Waals surface area contributed by atoms with Gasteiger partial charge in [0.05, 0.1) is 11.5 Å². The first-order valence-corrected chi connectivity index (χ1v) is 7.64. The van der Waals surface area contributed by atoms with Gasteiger partial charge < -0.3 is 9.80 Å². The molecule has 0 saturated carbocycles. The number of carbonyl (C=O) groups is 2. The van der Waals surface area contributed by atoms with E-state index in [2.05, 4.69) is 6.58 Å². The Morgan fingerprint density at radius 2 is 1.96 bits per heavy atom. The molecule has 120 valence electrons. The SMILES string of the molecule is C=CC(=O)N1CCC(C(=O)N(C)CC#N)(c2ccccc2)CC1. The standard InChI is InChI=1S/C18H21N3O2/c1-3-16(22)21-12-9-18(10-13-21,15-7-5-4-6-8-15)17(23)20(2)14-11-19/h3-8H,1,9-10,12-14H2,2H3. The molecule has 0 N–H and O–H groups in total. The Morgan fingerprint density at radius 1 is 1.35 bits per heavy atom. The zero-order valence-electron chi connectivity index (χ0n) is 13.4. The first-order chi connectivity index (χ1) is 11.0. The van der Waals surface area contributed by atoms with E-state index in [9.17, 15) is 9.59 Å². The zero-order chi connectivity index (χ0) is 16.9. The molecule has 1 fully saturated rings. The molecule has 23 heavy (non-hydrogen) atoms. The van der Waals surface area contributed by atoms with E-state index >= 15 is 0 Å². The van der Waals surface area contributed by atoms with Gasteiger partial charge in [0.1, 0.15) is 6.54 Å². The lowest BCUT2D eigenvalue weighted by Crippen LogP contribution is -2.53. The van der Waals surface area contributed by atoms with Crippen molar-refractivity contribution in [2.45, 2.75) is 18.3 Å². The van der Waals surface area contributed by atoms with E-state index in [0.29, 0.717) is 25.9 Å². The van der Waals surface area contributed by atoms with Gasteiger partial charge in [-0.05, 0) is 24.5 Å². The van der Waals surface area contributed by atoms with Gasteiger partial charge in [0, 0.05) is 20.1 Å². The summed E-state index contributed by atoms with van der Waals surface area (Å²) in [6.07, 6.45) is 2.40. The summed E-state index contributed by atoms with van der Waals surface area (Å²) >= 11 is 0. The van der Waals surface area contributed by atoms with E-state index in [1.807, 2.05) is 36.4 Å². The number of hydrogen-bond acceptors (Lipinski definition) is 3. The Labute approximate surface area is 136 Å². The highest BCUT2D eigenvalue weighted by molar-refractivity contribution is 5.90. The average molecular weight is 311 g/mol. The molecule has 2 rings (SSSR count). The summed E-state index contributed by atoms with van der Waals surface area (Å²) in [5, 5.41) is 8.88. The second kappa shape index (κ2) is 7.10. The molecule has 0 radical (unpaired) electrons. The minimum Gasteiger partial charge on any atom is -0.339 e. The van der Waals surface area contributed by atoms with Crippen molar-refractivity contribution >= 4 is 11.8 Å². The van der Waals surface area contributed by atoms with Crippen molar-refractivity contribution in [2.75, 3.05) is 26.7 Å². The van der Waals surface area contributed by atoms with E-state index < -0.39 is 5.41 Å². The predicted molar refractivity (Wildman–Crippen MR) is 87.4 cm³/mol. The van der Waals surface area contributed by atoms with Crippen LogP contribution in [-0.2, 0) is 15.0 Å². The van der Waals surface area contributed by atoms with Crippen molar-refractivity contribution in [1.29, 1.82) is 5.26 Å². The van der Waals surface area contributed by atoms with Crippen LogP contribution in [0.25, 0.3) is 0 Å². The smallest absolute Gasteiger partial charge is 0.245 e. The predicted octanol–water partition coefficient (Wildman–Crippen LogP) is 1.71. The van der Waals surface area contributed by atoms with E-state index in [4.69, 9.17) is 5.26 Å². The van der Waals surface area contributed by atoms with Gasteiger partial charge in [0.15, 0.2) is 0 Å². The highest BCUT2D eigenvalue weighted by atomic mass is 16.2. The number of nitrogens with zero attached hydrogens (tertiary/aromatic N) is 3. The maximum absolute atomic E-state index is 13.0. The summed E-state index contributed by atoms with van der Waals surface area (Å²) in [5.41, 5.74) is 0.269. The average Bonchev–Trinajstić information content (AvgIpc) is 2.61. The third-order valence-corrected chi connectivity index (χ3v) is 4.49. The highest BCUT2D eigenvalue weighted by Crippen LogP contribution is 2.37. The lowest BCUT2D eigenvalue weighted by Gasteiger charge is -2.42. The minimum absolute atomic E-state index is 0.0583. The molecule has 5 heteroatoms. The molecule has 1 aliphatic heterocycles. The summed E-state index contributed by atoms with van der Waals surface area (Å²) in [7, 11) is 1.65. The van der Waals surface area contributed by atoms with Gasteiger partial charge in [-0.2, -0.15) is 5.26 Å². The zero-order valence-corrected chi connectivity index (χ0v) is 13.4. The van der Waals surface area contributed by atoms with Crippen LogP contribution < -0.4 is 0 Å². The number of piperidine rings is 1. The van der Waals surface area contributed by atoms with Gasteiger partial charge in [0.2, 0.25) is 11.8 Å². The van der Waals surface area contributed by atoms with Crippen LogP contribution in [-0.4, -0.2) is 48.3 Å². The van der Waals surface area contributed by atoms with Crippen molar-refractivity contribution in [3.63, 3.8) is 0 Å². The van der Waals surface area contributed by atoms with Crippen LogP contribution in [0.4, 0.5) is 0 Å². The molecule has 0 bridgehead atoms.